The standard InChI is InChI=1S/CH4.5CH3.3Al.2O.V/h1H4;5*1H3;;;;;;. The monoisotopic (exact) mass is 255 g/mol. The predicted molar refractivity (Wildman–Crippen MR) is 55.5 cm³/mol. The van der Waals surface area contributed by atoms with Crippen molar-refractivity contribution >= 4 is 43.8 Å². The van der Waals surface area contributed by atoms with Gasteiger partial charge in [0.2, 0.25) is 0 Å². The van der Waals surface area contributed by atoms with Crippen molar-refractivity contribution in [1.82, 2.24) is 0 Å². The zero-order valence-corrected chi connectivity index (χ0v) is 12.9. The molecule has 0 atom stereocenters. The molecule has 0 saturated carbocycles. The van der Waals surface area contributed by atoms with Gasteiger partial charge in [0.15, 0.2) is 0 Å². The summed E-state index contributed by atoms with van der Waals surface area (Å²) in [4.78, 5) is 0. The second-order valence-electron chi connectivity index (χ2n) is 2.94. The molecule has 0 fully saturated rings. The molecule has 0 aromatic carbocycles. The molecule has 0 heterocycles. The normalized spacial score (nSPS) is 7.75. The van der Waals surface area contributed by atoms with Crippen LogP contribution in [0.15, 0.2) is 0 Å². The zero-order chi connectivity index (χ0) is 8.15. The molecule has 0 spiro atoms. The molecular weight excluding hydrogens is 236 g/mol. The van der Waals surface area contributed by atoms with Gasteiger partial charge in [0.25, 0.3) is 0 Å². The van der Waals surface area contributed by atoms with Crippen LogP contribution in [0.5, 0.6) is 0 Å². The van der Waals surface area contributed by atoms with Crippen LogP contribution in [0, 0.1) is 0 Å². The first-order chi connectivity index (χ1) is 4.52. The first kappa shape index (κ1) is 19.6. The van der Waals surface area contributed by atoms with E-state index in [4.69, 9.17) is 5.68 Å². The van der Waals surface area contributed by atoms with E-state index in [0.717, 1.165) is 0 Å². The Kier molecular flexibility index (Phi) is 18.3. The van der Waals surface area contributed by atoms with Crippen molar-refractivity contribution in [3.8, 4) is 0 Å². The molecule has 0 aromatic rings. The Balaban J connectivity index is -0.000000405. The summed E-state index contributed by atoms with van der Waals surface area (Å²) in [6, 6.07) is 0. The molecule has 0 saturated heterocycles. The number of hydrogen-bond acceptors (Lipinski definition) is 2. The molecule has 0 aliphatic rings. The van der Waals surface area contributed by atoms with Crippen LogP contribution in [-0.2, 0) is 24.2 Å². The van der Waals surface area contributed by atoms with Crippen LogP contribution in [0.2, 0.25) is 28.9 Å². The zero-order valence-electron chi connectivity index (χ0n) is 8.00. The van der Waals surface area contributed by atoms with Crippen LogP contribution in [0.25, 0.3) is 0 Å². The van der Waals surface area contributed by atoms with E-state index in [1.807, 2.05) is 0 Å². The summed E-state index contributed by atoms with van der Waals surface area (Å²) in [5.41, 5.74) is 0. The fourth-order valence-corrected chi connectivity index (χ4v) is 7.77. The molecule has 6 heteroatoms. The first-order valence-electron chi connectivity index (χ1n) is 3.83. The Morgan fingerprint density at radius 2 is 1.00 bits per heavy atom. The van der Waals surface area contributed by atoms with Gasteiger partial charge in [0, 0.05) is 18.6 Å². The molecule has 0 amide bonds. The van der Waals surface area contributed by atoms with E-state index < -0.39 is 43.8 Å². The Labute approximate surface area is 103 Å². The summed E-state index contributed by atoms with van der Waals surface area (Å²) >= 11 is -2.85. The van der Waals surface area contributed by atoms with Crippen molar-refractivity contribution in [2.75, 3.05) is 0 Å². The third-order valence-corrected chi connectivity index (χ3v) is 8.35. The maximum atomic E-state index is 5.65. The average molecular weight is 255 g/mol. The van der Waals surface area contributed by atoms with Crippen LogP contribution < -0.4 is 0 Å². The third kappa shape index (κ3) is 14.6. The van der Waals surface area contributed by atoms with Gasteiger partial charge in [-0.25, -0.2) is 0 Å². The Morgan fingerprint density at radius 3 is 1.17 bits per heavy atom. The van der Waals surface area contributed by atoms with Crippen LogP contribution in [0.1, 0.15) is 7.43 Å². The smallest absolute Gasteiger partial charge is 0.609 e. The van der Waals surface area contributed by atoms with E-state index in [1.165, 1.54) is 0 Å². The summed E-state index contributed by atoms with van der Waals surface area (Å²) in [6.45, 7) is 0. The van der Waals surface area contributed by atoms with Gasteiger partial charge in [0.05, 0.1) is 0 Å². The average Bonchev–Trinajstić information content (AvgIpc) is 1.58. The van der Waals surface area contributed by atoms with Gasteiger partial charge in [-0.3, -0.25) is 0 Å². The van der Waals surface area contributed by atoms with Crippen LogP contribution in [-0.4, -0.2) is 43.8 Å². The Hall–Kier alpha value is 2.10. The van der Waals surface area contributed by atoms with Gasteiger partial charge < -0.3 is 5.68 Å². The van der Waals surface area contributed by atoms with Gasteiger partial charge in [-0.15, -0.1) is 0 Å². The van der Waals surface area contributed by atoms with Gasteiger partial charge >= 0.3 is 43.8 Å². The minimum Gasteiger partial charge on any atom is -0.616 e. The van der Waals surface area contributed by atoms with Crippen molar-refractivity contribution in [3.05, 3.63) is 0 Å². The summed E-state index contributed by atoms with van der Waals surface area (Å²) < 4.78 is 11.3. The summed E-state index contributed by atoms with van der Waals surface area (Å²) in [7, 11) is 0. The second-order valence-corrected chi connectivity index (χ2v) is 10.4. The molecule has 0 unspecified atom stereocenters. The third-order valence-electron chi connectivity index (χ3n) is 0.928. The van der Waals surface area contributed by atoms with Crippen molar-refractivity contribution in [2.45, 2.75) is 36.4 Å². The molecule has 0 aliphatic heterocycles. The maximum absolute atomic E-state index is 5.65. The van der Waals surface area contributed by atoms with E-state index in [9.17, 15) is 0 Å². The van der Waals surface area contributed by atoms with E-state index in [2.05, 4.69) is 28.9 Å². The fraction of sp³-hybridized carbons (Fsp3) is 1.00. The first-order valence-corrected chi connectivity index (χ1v) is 11.5. The SMILES string of the molecule is C.[CH3][Al]([CH3])[O][Al]([CH3])[O][Al]([CH3])[CH3].[V]. The van der Waals surface area contributed by atoms with Crippen LogP contribution in [0.4, 0.5) is 0 Å². The van der Waals surface area contributed by atoms with Gasteiger partial charge in [0.1, 0.15) is 0 Å². The molecule has 2 nitrogen and oxygen atoms in total. The minimum atomic E-state index is -1.19. The molecule has 69 valence electrons. The van der Waals surface area contributed by atoms with Crippen LogP contribution in [0.3, 0.4) is 0 Å². The van der Waals surface area contributed by atoms with E-state index in [-0.39, 0.29) is 26.0 Å². The van der Waals surface area contributed by atoms with Crippen LogP contribution >= 0.6 is 0 Å². The molecule has 0 aromatic heterocycles. The van der Waals surface area contributed by atoms with Gasteiger partial charge in [-0.05, 0) is 0 Å². The largest absolute Gasteiger partial charge is 0.616 e. The Morgan fingerprint density at radius 1 is 0.750 bits per heavy atom. The maximum Gasteiger partial charge on any atom is 0.609 e. The molecule has 0 bridgehead atoms. The molecule has 0 N–H and O–H groups in total. The predicted octanol–water partition coefficient (Wildman–Crippen LogP) is 2.27. The number of rotatable bonds is 4. The van der Waals surface area contributed by atoms with Crippen molar-refractivity contribution < 1.29 is 24.2 Å². The van der Waals surface area contributed by atoms with Crippen molar-refractivity contribution in [2.24, 2.45) is 0 Å². The van der Waals surface area contributed by atoms with E-state index in [1.54, 1.807) is 0 Å². The minimum absolute atomic E-state index is 0. The Bertz CT molecular complexity index is 82.9. The topological polar surface area (TPSA) is 18.5 Å². The second kappa shape index (κ2) is 11.2. The van der Waals surface area contributed by atoms with Crippen molar-refractivity contribution in [1.29, 1.82) is 0 Å². The molecule has 0 rings (SSSR count). The van der Waals surface area contributed by atoms with E-state index in [0.29, 0.717) is 0 Å². The fourth-order valence-electron chi connectivity index (χ4n) is 0.799. The molecule has 12 heavy (non-hydrogen) atoms. The van der Waals surface area contributed by atoms with Gasteiger partial charge in [-0.1, -0.05) is 36.4 Å². The summed E-state index contributed by atoms with van der Waals surface area (Å²) in [6.07, 6.45) is 0. The van der Waals surface area contributed by atoms with Crippen molar-refractivity contribution in [3.63, 3.8) is 0 Å². The quantitative estimate of drug-likeness (QED) is 0.717. The molecule has 1 radical (unpaired) electrons. The van der Waals surface area contributed by atoms with Gasteiger partial charge in [-0.2, -0.15) is 0 Å². The summed E-state index contributed by atoms with van der Waals surface area (Å²) in [5, 5.41) is 0. The molecule has 0 aliphatic carbocycles. The number of hydrogen-bond donors (Lipinski definition) is 0. The van der Waals surface area contributed by atoms with E-state index >= 15 is 0 Å². The molecular formula is C6H19Al3O2V. The summed E-state index contributed by atoms with van der Waals surface area (Å²) in [5.74, 6) is 10.9.